The van der Waals surface area contributed by atoms with Crippen molar-refractivity contribution in [2.45, 2.75) is 11.8 Å². The van der Waals surface area contributed by atoms with Gasteiger partial charge >= 0.3 is 0 Å². The summed E-state index contributed by atoms with van der Waals surface area (Å²) in [5.74, 6) is 0.456. The number of hydrogen-bond donors (Lipinski definition) is 1. The first-order valence-electron chi connectivity index (χ1n) is 5.34. The first-order chi connectivity index (χ1) is 7.72. The Bertz CT molecular complexity index is 377. The fourth-order valence-corrected chi connectivity index (χ4v) is 2.15. The Kier molecular flexibility index (Phi) is 3.12. The second-order valence-electron chi connectivity index (χ2n) is 4.16. The van der Waals surface area contributed by atoms with E-state index in [1.54, 1.807) is 13.2 Å². The van der Waals surface area contributed by atoms with E-state index in [0.717, 1.165) is 12.0 Å². The van der Waals surface area contributed by atoms with Gasteiger partial charge in [-0.25, -0.2) is 4.39 Å². The van der Waals surface area contributed by atoms with Gasteiger partial charge in [0.25, 0.3) is 0 Å². The Hall–Kier alpha value is -1.13. The maximum Gasteiger partial charge on any atom is 0.123 e. The highest BCUT2D eigenvalue weighted by Gasteiger charge is 2.41. The Labute approximate surface area is 94.3 Å². The van der Waals surface area contributed by atoms with Crippen molar-refractivity contribution < 1.29 is 13.9 Å². The van der Waals surface area contributed by atoms with Gasteiger partial charge in [-0.15, -0.1) is 0 Å². The molecule has 0 unspecified atom stereocenters. The Balaban J connectivity index is 2.40. The molecule has 16 heavy (non-hydrogen) atoms. The maximum atomic E-state index is 13.3. The van der Waals surface area contributed by atoms with Crippen LogP contribution >= 0.6 is 0 Å². The quantitative estimate of drug-likeness (QED) is 0.843. The van der Waals surface area contributed by atoms with E-state index in [0.29, 0.717) is 25.5 Å². The van der Waals surface area contributed by atoms with Crippen molar-refractivity contribution in [1.29, 1.82) is 0 Å². The number of benzene rings is 1. The zero-order valence-corrected chi connectivity index (χ0v) is 9.33. The van der Waals surface area contributed by atoms with Crippen LogP contribution in [0.5, 0.6) is 5.75 Å². The molecule has 0 atom stereocenters. The Morgan fingerprint density at radius 3 is 2.75 bits per heavy atom. The average molecular weight is 225 g/mol. The zero-order chi connectivity index (χ0) is 11.6. The number of halogens is 1. The monoisotopic (exact) mass is 225 g/mol. The van der Waals surface area contributed by atoms with E-state index in [1.807, 2.05) is 0 Å². The summed E-state index contributed by atoms with van der Waals surface area (Å²) < 4.78 is 23.8. The van der Waals surface area contributed by atoms with Gasteiger partial charge in [0.15, 0.2) is 0 Å². The van der Waals surface area contributed by atoms with E-state index >= 15 is 0 Å². The minimum absolute atomic E-state index is 0.164. The molecule has 1 saturated heterocycles. The molecule has 1 fully saturated rings. The lowest BCUT2D eigenvalue weighted by molar-refractivity contribution is -0.0641. The molecule has 3 nitrogen and oxygen atoms in total. The lowest BCUT2D eigenvalue weighted by Gasteiger charge is -2.42. The summed E-state index contributed by atoms with van der Waals surface area (Å²) in [6.45, 7) is 1.73. The smallest absolute Gasteiger partial charge is 0.123 e. The molecule has 0 aliphatic carbocycles. The van der Waals surface area contributed by atoms with E-state index in [4.69, 9.17) is 15.2 Å². The van der Waals surface area contributed by atoms with Gasteiger partial charge in [0.1, 0.15) is 11.6 Å². The van der Waals surface area contributed by atoms with E-state index < -0.39 is 0 Å². The summed E-state index contributed by atoms with van der Waals surface area (Å²) in [7, 11) is 1.59. The molecule has 88 valence electrons. The van der Waals surface area contributed by atoms with Crippen molar-refractivity contribution in [1.82, 2.24) is 0 Å². The van der Waals surface area contributed by atoms with Gasteiger partial charge in [0, 0.05) is 11.0 Å². The topological polar surface area (TPSA) is 44.5 Å². The highest BCUT2D eigenvalue weighted by atomic mass is 19.1. The van der Waals surface area contributed by atoms with Gasteiger partial charge in [-0.05, 0) is 31.2 Å². The predicted octanol–water partition coefficient (Wildman–Crippen LogP) is 1.45. The molecule has 2 rings (SSSR count). The molecule has 0 radical (unpaired) electrons. The summed E-state index contributed by atoms with van der Waals surface area (Å²) in [5, 5.41) is 0. The molecule has 1 aliphatic heterocycles. The first kappa shape index (κ1) is 11.4. The zero-order valence-electron chi connectivity index (χ0n) is 9.33. The molecule has 0 aromatic heterocycles. The van der Waals surface area contributed by atoms with Crippen LogP contribution in [0.15, 0.2) is 18.2 Å². The Morgan fingerprint density at radius 1 is 1.50 bits per heavy atom. The molecular formula is C12H16FNO2. The van der Waals surface area contributed by atoms with Crippen LogP contribution in [-0.4, -0.2) is 26.9 Å². The van der Waals surface area contributed by atoms with Gasteiger partial charge in [-0.3, -0.25) is 0 Å². The molecule has 0 saturated carbocycles. The molecule has 2 N–H and O–H groups in total. The Morgan fingerprint density at radius 2 is 2.25 bits per heavy atom. The molecule has 1 heterocycles. The molecule has 1 aromatic rings. The van der Waals surface area contributed by atoms with Crippen molar-refractivity contribution in [3.63, 3.8) is 0 Å². The molecular weight excluding hydrogens is 209 g/mol. The largest absolute Gasteiger partial charge is 0.496 e. The summed E-state index contributed by atoms with van der Waals surface area (Å²) >= 11 is 0. The fraction of sp³-hybridized carbons (Fsp3) is 0.500. The predicted molar refractivity (Wildman–Crippen MR) is 59.1 cm³/mol. The molecule has 0 spiro atoms. The van der Waals surface area contributed by atoms with Crippen molar-refractivity contribution in [3.05, 3.63) is 29.6 Å². The van der Waals surface area contributed by atoms with Crippen molar-refractivity contribution in [2.75, 3.05) is 26.9 Å². The van der Waals surface area contributed by atoms with E-state index in [9.17, 15) is 4.39 Å². The lowest BCUT2D eigenvalue weighted by Crippen LogP contribution is -2.48. The third-order valence-corrected chi connectivity index (χ3v) is 3.11. The number of rotatable bonds is 4. The number of methoxy groups -OCH3 is 1. The lowest BCUT2D eigenvalue weighted by atomic mass is 9.75. The summed E-state index contributed by atoms with van der Waals surface area (Å²) in [6, 6.07) is 4.58. The number of ether oxygens (including phenoxy) is 2. The van der Waals surface area contributed by atoms with E-state index in [-0.39, 0.29) is 11.2 Å². The van der Waals surface area contributed by atoms with Gasteiger partial charge in [-0.2, -0.15) is 0 Å². The van der Waals surface area contributed by atoms with Gasteiger partial charge in [0.2, 0.25) is 0 Å². The normalized spacial score (nSPS) is 17.9. The second kappa shape index (κ2) is 4.39. The molecule has 0 amide bonds. The van der Waals surface area contributed by atoms with E-state index in [1.165, 1.54) is 12.1 Å². The van der Waals surface area contributed by atoms with Crippen LogP contribution in [0, 0.1) is 5.82 Å². The first-order valence-corrected chi connectivity index (χ1v) is 5.34. The highest BCUT2D eigenvalue weighted by molar-refractivity contribution is 5.41. The maximum absolute atomic E-state index is 13.3. The van der Waals surface area contributed by atoms with Crippen molar-refractivity contribution in [3.8, 4) is 5.75 Å². The standard InChI is InChI=1S/C12H16FNO2/c1-15-11-3-2-9(13)6-10(11)12(4-5-14)7-16-8-12/h2-3,6H,4-5,7-8,14H2,1H3. The summed E-state index contributed by atoms with van der Waals surface area (Å²) in [6.07, 6.45) is 0.785. The molecule has 4 heteroatoms. The van der Waals surface area contributed by atoms with Gasteiger partial charge < -0.3 is 15.2 Å². The van der Waals surface area contributed by atoms with Crippen LogP contribution in [0.25, 0.3) is 0 Å². The number of hydrogen-bond acceptors (Lipinski definition) is 3. The second-order valence-corrected chi connectivity index (χ2v) is 4.16. The summed E-state index contributed by atoms with van der Waals surface area (Å²) in [4.78, 5) is 0. The van der Waals surface area contributed by atoms with E-state index in [2.05, 4.69) is 0 Å². The summed E-state index contributed by atoms with van der Waals surface area (Å²) in [5.41, 5.74) is 6.30. The van der Waals surface area contributed by atoms with Crippen LogP contribution in [0.2, 0.25) is 0 Å². The van der Waals surface area contributed by atoms with Gasteiger partial charge in [-0.1, -0.05) is 0 Å². The molecule has 1 aromatic carbocycles. The third kappa shape index (κ3) is 1.79. The molecule has 0 bridgehead atoms. The minimum Gasteiger partial charge on any atom is -0.496 e. The van der Waals surface area contributed by atoms with Crippen molar-refractivity contribution in [2.24, 2.45) is 5.73 Å². The van der Waals surface area contributed by atoms with Crippen LogP contribution < -0.4 is 10.5 Å². The minimum atomic E-state index is -0.251. The average Bonchev–Trinajstić information content (AvgIpc) is 2.23. The third-order valence-electron chi connectivity index (χ3n) is 3.11. The van der Waals surface area contributed by atoms with Crippen LogP contribution in [0.1, 0.15) is 12.0 Å². The highest BCUT2D eigenvalue weighted by Crippen LogP contribution is 2.40. The van der Waals surface area contributed by atoms with Crippen molar-refractivity contribution >= 4 is 0 Å². The van der Waals surface area contributed by atoms with Crippen LogP contribution in [0.4, 0.5) is 4.39 Å². The SMILES string of the molecule is COc1ccc(F)cc1C1(CCN)COC1. The van der Waals surface area contributed by atoms with Crippen LogP contribution in [-0.2, 0) is 10.2 Å². The fourth-order valence-electron chi connectivity index (χ4n) is 2.15. The van der Waals surface area contributed by atoms with Gasteiger partial charge in [0.05, 0.1) is 20.3 Å². The van der Waals surface area contributed by atoms with Crippen LogP contribution in [0.3, 0.4) is 0 Å². The molecule has 1 aliphatic rings. The number of nitrogens with two attached hydrogens (primary N) is 1.